The summed E-state index contributed by atoms with van der Waals surface area (Å²) in [5.74, 6) is -0.477. The van der Waals surface area contributed by atoms with Gasteiger partial charge in [-0.15, -0.1) is 10.2 Å². The molecule has 9 heteroatoms. The molecule has 0 spiro atoms. The van der Waals surface area contributed by atoms with Crippen molar-refractivity contribution in [2.75, 3.05) is 17.3 Å². The highest BCUT2D eigenvalue weighted by atomic mass is 35.5. The first-order valence-electron chi connectivity index (χ1n) is 9.29. The first-order valence-corrected chi connectivity index (χ1v) is 10.7. The molecule has 0 saturated heterocycles. The normalized spacial score (nSPS) is 15.1. The van der Waals surface area contributed by atoms with E-state index in [0.29, 0.717) is 10.9 Å². The van der Waals surface area contributed by atoms with Gasteiger partial charge in [0.25, 0.3) is 11.1 Å². The molecule has 3 aromatic rings. The average molecular weight is 444 g/mol. The number of benzene rings is 2. The van der Waals surface area contributed by atoms with Crippen molar-refractivity contribution in [2.45, 2.75) is 24.6 Å². The Balaban J connectivity index is 1.28. The van der Waals surface area contributed by atoms with Gasteiger partial charge in [-0.2, -0.15) is 0 Å². The van der Waals surface area contributed by atoms with Crippen molar-refractivity contribution in [2.24, 2.45) is 0 Å². The predicted octanol–water partition coefficient (Wildman–Crippen LogP) is 4.00. The van der Waals surface area contributed by atoms with Gasteiger partial charge in [0.05, 0.1) is 0 Å². The number of nitrogens with zero attached hydrogens (tertiary/aromatic N) is 3. The largest absolute Gasteiger partial charge is 0.455 e. The van der Waals surface area contributed by atoms with Gasteiger partial charge in [0.15, 0.2) is 6.61 Å². The summed E-state index contributed by atoms with van der Waals surface area (Å²) >= 11 is 6.92. The predicted molar refractivity (Wildman–Crippen MR) is 114 cm³/mol. The minimum Gasteiger partial charge on any atom is -0.455 e. The van der Waals surface area contributed by atoms with Crippen molar-refractivity contribution in [3.05, 3.63) is 59.1 Å². The standard InChI is InChI=1S/C21H18ClN3O4S/c1-13-10-15-4-2-3-5-17(15)25(13)18(26)11-28-19(27)12-30-21-24-23-20(29-21)14-6-8-16(22)9-7-14/h2-9,13H,10-12H2,1H3. The van der Waals surface area contributed by atoms with Crippen LogP contribution in [-0.4, -0.2) is 40.5 Å². The summed E-state index contributed by atoms with van der Waals surface area (Å²) in [5.41, 5.74) is 2.72. The molecule has 0 saturated carbocycles. The maximum Gasteiger partial charge on any atom is 0.316 e. The molecule has 1 unspecified atom stereocenters. The molecule has 1 atom stereocenters. The zero-order valence-electron chi connectivity index (χ0n) is 16.1. The highest BCUT2D eigenvalue weighted by Crippen LogP contribution is 2.31. The molecule has 0 bridgehead atoms. The average Bonchev–Trinajstić information content (AvgIpc) is 3.34. The van der Waals surface area contributed by atoms with E-state index in [-0.39, 0.29) is 29.5 Å². The Kier molecular flexibility index (Phi) is 6.06. The quantitative estimate of drug-likeness (QED) is 0.420. The highest BCUT2D eigenvalue weighted by Gasteiger charge is 2.30. The van der Waals surface area contributed by atoms with Gasteiger partial charge in [0.1, 0.15) is 5.75 Å². The van der Waals surface area contributed by atoms with Crippen LogP contribution < -0.4 is 4.90 Å². The van der Waals surface area contributed by atoms with Crippen molar-refractivity contribution in [1.29, 1.82) is 0 Å². The molecule has 1 aliphatic rings. The van der Waals surface area contributed by atoms with Crippen molar-refractivity contribution in [1.82, 2.24) is 10.2 Å². The fourth-order valence-electron chi connectivity index (χ4n) is 3.30. The van der Waals surface area contributed by atoms with Gasteiger partial charge >= 0.3 is 5.97 Å². The van der Waals surface area contributed by atoms with E-state index < -0.39 is 5.97 Å². The number of thioether (sulfide) groups is 1. The first-order chi connectivity index (χ1) is 14.5. The van der Waals surface area contributed by atoms with Crippen LogP contribution in [0.5, 0.6) is 0 Å². The molecule has 1 aromatic heterocycles. The zero-order valence-corrected chi connectivity index (χ0v) is 17.7. The molecule has 2 heterocycles. The second kappa shape index (κ2) is 8.89. The van der Waals surface area contributed by atoms with Crippen molar-refractivity contribution < 1.29 is 18.7 Å². The molecular weight excluding hydrogens is 426 g/mol. The summed E-state index contributed by atoms with van der Waals surface area (Å²) in [5, 5.41) is 8.72. The third-order valence-corrected chi connectivity index (χ3v) is 5.69. The molecule has 1 aliphatic heterocycles. The number of hydrogen-bond donors (Lipinski definition) is 0. The fraction of sp³-hybridized carbons (Fsp3) is 0.238. The number of ether oxygens (including phenoxy) is 1. The summed E-state index contributed by atoms with van der Waals surface area (Å²) in [6.07, 6.45) is 0.791. The monoisotopic (exact) mass is 443 g/mol. The molecule has 0 aliphatic carbocycles. The van der Waals surface area contributed by atoms with Crippen LogP contribution in [0, 0.1) is 0 Å². The van der Waals surface area contributed by atoms with Gasteiger partial charge in [-0.25, -0.2) is 0 Å². The zero-order chi connectivity index (χ0) is 21.1. The molecule has 1 amide bonds. The molecule has 2 aromatic carbocycles. The Bertz CT molecular complexity index is 1070. The van der Waals surface area contributed by atoms with Crippen LogP contribution in [0.3, 0.4) is 0 Å². The maximum absolute atomic E-state index is 12.6. The number of esters is 1. The number of aromatic nitrogens is 2. The SMILES string of the molecule is CC1Cc2ccccc2N1C(=O)COC(=O)CSc1nnc(-c2ccc(Cl)cc2)o1. The summed E-state index contributed by atoms with van der Waals surface area (Å²) in [6.45, 7) is 1.67. The number of para-hydroxylation sites is 1. The molecule has 0 N–H and O–H groups in total. The topological polar surface area (TPSA) is 85.5 Å². The smallest absolute Gasteiger partial charge is 0.316 e. The van der Waals surface area contributed by atoms with Gasteiger partial charge in [-0.1, -0.05) is 41.6 Å². The molecule has 7 nitrogen and oxygen atoms in total. The second-order valence-corrected chi connectivity index (χ2v) is 8.14. The van der Waals surface area contributed by atoms with Crippen LogP contribution in [0.2, 0.25) is 5.02 Å². The van der Waals surface area contributed by atoms with E-state index in [1.807, 2.05) is 31.2 Å². The van der Waals surface area contributed by atoms with Crippen molar-refractivity contribution in [3.8, 4) is 11.5 Å². The van der Waals surface area contributed by atoms with E-state index in [2.05, 4.69) is 10.2 Å². The van der Waals surface area contributed by atoms with E-state index in [1.54, 1.807) is 29.2 Å². The van der Waals surface area contributed by atoms with E-state index in [4.69, 9.17) is 20.8 Å². The Labute approximate surface area is 182 Å². The molecule has 0 radical (unpaired) electrons. The number of rotatable bonds is 6. The van der Waals surface area contributed by atoms with Crippen LogP contribution in [-0.2, 0) is 20.7 Å². The lowest BCUT2D eigenvalue weighted by Gasteiger charge is -2.22. The number of halogens is 1. The van der Waals surface area contributed by atoms with E-state index in [1.165, 1.54) is 0 Å². The molecule has 154 valence electrons. The fourth-order valence-corrected chi connectivity index (χ4v) is 3.98. The molecular formula is C21H18ClN3O4S. The number of amides is 1. The van der Waals surface area contributed by atoms with E-state index in [9.17, 15) is 9.59 Å². The minimum atomic E-state index is -0.528. The van der Waals surface area contributed by atoms with Crippen LogP contribution in [0.4, 0.5) is 5.69 Å². The number of hydrogen-bond acceptors (Lipinski definition) is 7. The lowest BCUT2D eigenvalue weighted by Crippen LogP contribution is -2.38. The van der Waals surface area contributed by atoms with Gasteiger partial charge in [0, 0.05) is 22.3 Å². The Morgan fingerprint density at radius 3 is 2.77 bits per heavy atom. The highest BCUT2D eigenvalue weighted by molar-refractivity contribution is 7.99. The van der Waals surface area contributed by atoms with Gasteiger partial charge in [0.2, 0.25) is 5.89 Å². The number of fused-ring (bicyclic) bond motifs is 1. The number of carbonyl (C=O) groups is 2. The summed E-state index contributed by atoms with van der Waals surface area (Å²) in [7, 11) is 0. The summed E-state index contributed by atoms with van der Waals surface area (Å²) in [4.78, 5) is 26.3. The van der Waals surface area contributed by atoms with Crippen LogP contribution >= 0.6 is 23.4 Å². The molecule has 0 fully saturated rings. The summed E-state index contributed by atoms with van der Waals surface area (Å²) in [6, 6.07) is 14.8. The summed E-state index contributed by atoms with van der Waals surface area (Å²) < 4.78 is 10.7. The van der Waals surface area contributed by atoms with Gasteiger partial charge in [-0.3, -0.25) is 9.59 Å². The van der Waals surface area contributed by atoms with Crippen molar-refractivity contribution >= 4 is 40.9 Å². The lowest BCUT2D eigenvalue weighted by atomic mass is 10.1. The van der Waals surface area contributed by atoms with E-state index >= 15 is 0 Å². The minimum absolute atomic E-state index is 0.0349. The Morgan fingerprint density at radius 2 is 1.97 bits per heavy atom. The molecule has 30 heavy (non-hydrogen) atoms. The van der Waals surface area contributed by atoms with Crippen molar-refractivity contribution in [3.63, 3.8) is 0 Å². The number of anilines is 1. The second-order valence-electron chi connectivity index (χ2n) is 6.77. The third-order valence-electron chi connectivity index (χ3n) is 4.64. The van der Waals surface area contributed by atoms with Crippen LogP contribution in [0.15, 0.2) is 58.2 Å². The Hall–Kier alpha value is -2.84. The maximum atomic E-state index is 12.6. The first kappa shape index (κ1) is 20.4. The van der Waals surface area contributed by atoms with Gasteiger partial charge in [-0.05, 0) is 49.2 Å². The van der Waals surface area contributed by atoms with Crippen LogP contribution in [0.25, 0.3) is 11.5 Å². The molecule has 4 rings (SSSR count). The van der Waals surface area contributed by atoms with Gasteiger partial charge < -0.3 is 14.1 Å². The van der Waals surface area contributed by atoms with E-state index in [0.717, 1.165) is 35.0 Å². The van der Waals surface area contributed by atoms with Crippen LogP contribution in [0.1, 0.15) is 12.5 Å². The Morgan fingerprint density at radius 1 is 1.20 bits per heavy atom. The lowest BCUT2D eigenvalue weighted by molar-refractivity contribution is -0.145. The third kappa shape index (κ3) is 4.49. The number of carbonyl (C=O) groups excluding carboxylic acids is 2.